The number of carbonyl (C=O) groups is 1. The second-order valence-electron chi connectivity index (χ2n) is 3.68. The molecular formula is C10H13N3O2S. The fourth-order valence-corrected chi connectivity index (χ4v) is 2.22. The van der Waals surface area contributed by atoms with E-state index in [1.54, 1.807) is 5.38 Å². The van der Waals surface area contributed by atoms with Crippen molar-refractivity contribution in [3.63, 3.8) is 0 Å². The van der Waals surface area contributed by atoms with Gasteiger partial charge in [-0.25, -0.2) is 4.98 Å². The fraction of sp³-hybridized carbons (Fsp3) is 0.500. The Morgan fingerprint density at radius 1 is 1.62 bits per heavy atom. The summed E-state index contributed by atoms with van der Waals surface area (Å²) in [6.45, 7) is 0. The third kappa shape index (κ3) is 2.57. The van der Waals surface area contributed by atoms with E-state index >= 15 is 0 Å². The Hall–Kier alpha value is -1.43. The number of oxime groups is 1. The zero-order valence-electron chi connectivity index (χ0n) is 8.76. The molecule has 0 radical (unpaired) electrons. The van der Waals surface area contributed by atoms with E-state index in [9.17, 15) is 4.79 Å². The average molecular weight is 239 g/mol. The van der Waals surface area contributed by atoms with Crippen molar-refractivity contribution in [3.8, 4) is 0 Å². The Morgan fingerprint density at radius 3 is 2.94 bits per heavy atom. The van der Waals surface area contributed by atoms with Crippen LogP contribution >= 0.6 is 11.3 Å². The number of thiazole rings is 1. The van der Waals surface area contributed by atoms with Gasteiger partial charge in [0, 0.05) is 5.38 Å². The molecular weight excluding hydrogens is 226 g/mol. The summed E-state index contributed by atoms with van der Waals surface area (Å²) in [5, 5.41) is 5.96. The normalized spacial score (nSPS) is 17.6. The van der Waals surface area contributed by atoms with Crippen molar-refractivity contribution in [2.45, 2.75) is 31.8 Å². The highest BCUT2D eigenvalue weighted by molar-refractivity contribution is 7.13. The van der Waals surface area contributed by atoms with E-state index in [1.807, 2.05) is 0 Å². The zero-order valence-corrected chi connectivity index (χ0v) is 9.57. The number of anilines is 1. The number of rotatable bonds is 4. The molecule has 0 saturated heterocycles. The molecule has 1 aliphatic carbocycles. The van der Waals surface area contributed by atoms with E-state index in [1.165, 1.54) is 24.2 Å². The van der Waals surface area contributed by atoms with Crippen LogP contribution in [0.4, 0.5) is 5.13 Å². The Balaban J connectivity index is 2.03. The van der Waals surface area contributed by atoms with Crippen molar-refractivity contribution in [1.29, 1.82) is 0 Å². The molecule has 5 nitrogen and oxygen atoms in total. The number of aldehydes is 1. The average Bonchev–Trinajstić information content (AvgIpc) is 2.91. The van der Waals surface area contributed by atoms with Gasteiger partial charge in [-0.15, -0.1) is 11.3 Å². The first-order valence-electron chi connectivity index (χ1n) is 5.20. The van der Waals surface area contributed by atoms with Crippen LogP contribution in [-0.2, 0) is 9.63 Å². The molecule has 86 valence electrons. The molecule has 0 aliphatic heterocycles. The maximum absolute atomic E-state index is 10.8. The lowest BCUT2D eigenvalue weighted by molar-refractivity contribution is -0.102. The van der Waals surface area contributed by atoms with Gasteiger partial charge in [0.2, 0.25) is 0 Å². The van der Waals surface area contributed by atoms with Gasteiger partial charge in [-0.3, -0.25) is 4.79 Å². The van der Waals surface area contributed by atoms with E-state index in [4.69, 9.17) is 10.6 Å². The number of hydrogen-bond acceptors (Lipinski definition) is 6. The summed E-state index contributed by atoms with van der Waals surface area (Å²) in [4.78, 5) is 20.1. The number of nitrogen functional groups attached to an aromatic ring is 1. The van der Waals surface area contributed by atoms with Crippen LogP contribution in [0.2, 0.25) is 0 Å². The molecule has 16 heavy (non-hydrogen) atoms. The van der Waals surface area contributed by atoms with Gasteiger partial charge < -0.3 is 10.6 Å². The second kappa shape index (κ2) is 5.07. The summed E-state index contributed by atoms with van der Waals surface area (Å²) in [7, 11) is 0. The quantitative estimate of drug-likeness (QED) is 0.491. The third-order valence-electron chi connectivity index (χ3n) is 2.50. The molecule has 0 atom stereocenters. The molecule has 2 N–H and O–H groups in total. The van der Waals surface area contributed by atoms with Crippen LogP contribution in [0.15, 0.2) is 10.5 Å². The van der Waals surface area contributed by atoms with Gasteiger partial charge in [-0.05, 0) is 25.7 Å². The predicted molar refractivity (Wildman–Crippen MR) is 62.5 cm³/mol. The van der Waals surface area contributed by atoms with Crippen LogP contribution in [0.3, 0.4) is 0 Å². The Kier molecular flexibility index (Phi) is 3.51. The Morgan fingerprint density at radius 2 is 2.38 bits per heavy atom. The number of nitrogens with two attached hydrogens (primary N) is 1. The highest BCUT2D eigenvalue weighted by atomic mass is 32.1. The van der Waals surface area contributed by atoms with Crippen molar-refractivity contribution in [3.05, 3.63) is 11.1 Å². The summed E-state index contributed by atoms with van der Waals surface area (Å²) in [5.74, 6) is 0. The van der Waals surface area contributed by atoms with Gasteiger partial charge in [-0.2, -0.15) is 0 Å². The molecule has 1 saturated carbocycles. The Labute approximate surface area is 97.3 Å². The monoisotopic (exact) mass is 239 g/mol. The first-order valence-corrected chi connectivity index (χ1v) is 6.08. The van der Waals surface area contributed by atoms with E-state index < -0.39 is 0 Å². The topological polar surface area (TPSA) is 77.6 Å². The van der Waals surface area contributed by atoms with Crippen molar-refractivity contribution >= 4 is 28.5 Å². The van der Waals surface area contributed by atoms with Crippen LogP contribution in [-0.4, -0.2) is 23.1 Å². The molecule has 0 spiro atoms. The summed E-state index contributed by atoms with van der Waals surface area (Å²) >= 11 is 1.28. The molecule has 0 aromatic carbocycles. The minimum Gasteiger partial charge on any atom is -0.392 e. The van der Waals surface area contributed by atoms with Gasteiger partial charge in [-0.1, -0.05) is 5.16 Å². The third-order valence-corrected chi connectivity index (χ3v) is 3.17. The summed E-state index contributed by atoms with van der Waals surface area (Å²) < 4.78 is 0. The fourth-order valence-electron chi connectivity index (χ4n) is 1.66. The van der Waals surface area contributed by atoms with Gasteiger partial charge in [0.15, 0.2) is 17.1 Å². The highest BCUT2D eigenvalue weighted by Gasteiger charge is 2.17. The van der Waals surface area contributed by atoms with Gasteiger partial charge in [0.1, 0.15) is 11.8 Å². The number of nitrogens with zero attached hydrogens (tertiary/aromatic N) is 2. The van der Waals surface area contributed by atoms with Crippen LogP contribution in [0.25, 0.3) is 0 Å². The molecule has 1 aromatic rings. The van der Waals surface area contributed by atoms with E-state index in [0.717, 1.165) is 12.8 Å². The van der Waals surface area contributed by atoms with Crippen molar-refractivity contribution in [2.75, 3.05) is 5.73 Å². The minimum absolute atomic E-state index is 0.144. The van der Waals surface area contributed by atoms with Crippen LogP contribution in [0, 0.1) is 0 Å². The molecule has 2 rings (SSSR count). The molecule has 6 heteroatoms. The smallest absolute Gasteiger partial charge is 0.180 e. The van der Waals surface area contributed by atoms with E-state index in [-0.39, 0.29) is 11.8 Å². The van der Waals surface area contributed by atoms with E-state index in [0.29, 0.717) is 17.1 Å². The number of hydrogen-bond donors (Lipinski definition) is 1. The van der Waals surface area contributed by atoms with Crippen molar-refractivity contribution < 1.29 is 9.63 Å². The largest absolute Gasteiger partial charge is 0.392 e. The predicted octanol–water partition coefficient (Wildman–Crippen LogP) is 1.59. The SMILES string of the molecule is Nc1nc(C(C=O)=NOC2CCCC2)cs1. The van der Waals surface area contributed by atoms with Crippen molar-refractivity contribution in [2.24, 2.45) is 5.16 Å². The lowest BCUT2D eigenvalue weighted by Gasteiger charge is -2.06. The Bertz CT molecular complexity index is 397. The van der Waals surface area contributed by atoms with Gasteiger partial charge >= 0.3 is 0 Å². The highest BCUT2D eigenvalue weighted by Crippen LogP contribution is 2.21. The van der Waals surface area contributed by atoms with Crippen molar-refractivity contribution in [1.82, 2.24) is 4.98 Å². The summed E-state index contributed by atoms with van der Waals surface area (Å²) in [6.07, 6.45) is 5.14. The lowest BCUT2D eigenvalue weighted by Crippen LogP contribution is -2.09. The van der Waals surface area contributed by atoms with Gasteiger partial charge in [0.25, 0.3) is 0 Å². The van der Waals surface area contributed by atoms with Crippen LogP contribution in [0.5, 0.6) is 0 Å². The molecule has 0 bridgehead atoms. The lowest BCUT2D eigenvalue weighted by atomic mass is 10.3. The maximum Gasteiger partial charge on any atom is 0.180 e. The molecule has 0 unspecified atom stereocenters. The molecule has 1 heterocycles. The second-order valence-corrected chi connectivity index (χ2v) is 4.57. The number of carbonyl (C=O) groups excluding carboxylic acids is 1. The molecule has 1 fully saturated rings. The first kappa shape index (κ1) is 11.1. The van der Waals surface area contributed by atoms with Gasteiger partial charge in [0.05, 0.1) is 0 Å². The summed E-state index contributed by atoms with van der Waals surface area (Å²) in [6, 6.07) is 0. The van der Waals surface area contributed by atoms with Crippen LogP contribution in [0.1, 0.15) is 31.4 Å². The first-order chi connectivity index (χ1) is 7.79. The van der Waals surface area contributed by atoms with E-state index in [2.05, 4.69) is 10.1 Å². The number of aromatic nitrogens is 1. The summed E-state index contributed by atoms with van der Waals surface area (Å²) in [5.41, 5.74) is 6.18. The molecule has 0 amide bonds. The molecule has 1 aromatic heterocycles. The maximum atomic E-state index is 10.8. The standard InChI is InChI=1S/C10H13N3O2S/c11-10-12-9(6-16-10)8(5-14)13-15-7-3-1-2-4-7/h5-7H,1-4H2,(H2,11,12). The van der Waals surface area contributed by atoms with Crippen LogP contribution < -0.4 is 5.73 Å². The zero-order chi connectivity index (χ0) is 11.4. The molecule has 1 aliphatic rings. The minimum atomic E-state index is 0.144.